The highest BCUT2D eigenvalue weighted by molar-refractivity contribution is 6.28. The number of methoxy groups -OCH3 is 1. The fraction of sp³-hybridized carbons (Fsp3) is 0.425. The number of nitrogens with zero attached hydrogens (tertiary/aromatic N) is 2. The van der Waals surface area contributed by atoms with E-state index in [1.54, 1.807) is 7.11 Å². The van der Waals surface area contributed by atoms with Crippen molar-refractivity contribution < 1.29 is 53.9 Å². The number of ether oxygens (including phenoxy) is 2. The summed E-state index contributed by atoms with van der Waals surface area (Å²) < 4.78 is 10.6. The van der Waals surface area contributed by atoms with E-state index in [-0.39, 0.29) is 12.2 Å². The summed E-state index contributed by atoms with van der Waals surface area (Å²) in [5, 5.41) is 39.9. The molecule has 286 valence electrons. The summed E-state index contributed by atoms with van der Waals surface area (Å²) in [7, 11) is 1.70. The standard InChI is InChI=1S/C22H36N2O3.C18H14O8/c1-6-23(18(4)15-19-7-9-21(26-5)10-8-19)16-20-11-13-24(14-12-20)22(25)27-17(2)3;19-13(11-7-3-1-4-8-11)17(25,15(21)22)18(26,16(23)24)14(20)12-9-5-2-6-10-12/h7-10,17-18,20H,6,11-16H2,1-5H3;1-10,25-26H,(H,21,22)(H,23,24). The molecule has 3 aromatic carbocycles. The molecule has 1 fully saturated rings. The van der Waals surface area contributed by atoms with Crippen molar-refractivity contribution in [2.45, 2.75) is 70.3 Å². The van der Waals surface area contributed by atoms with Crippen LogP contribution in [0, 0.1) is 5.92 Å². The van der Waals surface area contributed by atoms with Gasteiger partial charge in [-0.2, -0.15) is 0 Å². The lowest BCUT2D eigenvalue weighted by atomic mass is 9.73. The van der Waals surface area contributed by atoms with Gasteiger partial charge in [-0.1, -0.05) is 79.7 Å². The van der Waals surface area contributed by atoms with E-state index in [0.29, 0.717) is 12.0 Å². The van der Waals surface area contributed by atoms with Gasteiger partial charge in [0.2, 0.25) is 11.6 Å². The van der Waals surface area contributed by atoms with E-state index >= 15 is 0 Å². The fourth-order valence-electron chi connectivity index (χ4n) is 6.19. The number of carbonyl (C=O) groups excluding carboxylic acids is 3. The Morgan fingerprint density at radius 1 is 0.774 bits per heavy atom. The van der Waals surface area contributed by atoms with E-state index in [1.807, 2.05) is 30.9 Å². The number of aliphatic hydroxyl groups is 2. The SMILES string of the molecule is CCN(CC1CCN(C(=O)OC(C)C)CC1)C(C)Cc1ccc(OC)cc1.O=C(O)C(O)(C(=O)c1ccccc1)C(O)(C(=O)O)C(=O)c1ccccc1. The first-order valence-electron chi connectivity index (χ1n) is 17.5. The predicted octanol–water partition coefficient (Wildman–Crippen LogP) is 4.59. The lowest BCUT2D eigenvalue weighted by Gasteiger charge is -2.36. The van der Waals surface area contributed by atoms with Crippen LogP contribution in [0.5, 0.6) is 5.75 Å². The van der Waals surface area contributed by atoms with Crippen molar-refractivity contribution in [1.82, 2.24) is 9.80 Å². The second-order valence-electron chi connectivity index (χ2n) is 13.3. The molecular weight excluding hydrogens is 684 g/mol. The van der Waals surface area contributed by atoms with Crippen LogP contribution in [0.4, 0.5) is 4.79 Å². The summed E-state index contributed by atoms with van der Waals surface area (Å²) in [5.41, 5.74) is -7.34. The highest BCUT2D eigenvalue weighted by Gasteiger charge is 2.69. The van der Waals surface area contributed by atoms with Crippen LogP contribution in [0.1, 0.15) is 66.8 Å². The number of carboxylic acids is 2. The van der Waals surface area contributed by atoms with Gasteiger partial charge in [-0.05, 0) is 70.2 Å². The predicted molar refractivity (Wildman–Crippen MR) is 196 cm³/mol. The first-order valence-corrected chi connectivity index (χ1v) is 17.5. The van der Waals surface area contributed by atoms with Gasteiger partial charge >= 0.3 is 18.0 Å². The molecule has 13 heteroatoms. The van der Waals surface area contributed by atoms with E-state index in [4.69, 9.17) is 9.47 Å². The number of likely N-dealkylation sites (tertiary alicyclic amines) is 1. The minimum absolute atomic E-state index is 0.0513. The van der Waals surface area contributed by atoms with Crippen molar-refractivity contribution in [2.24, 2.45) is 5.92 Å². The highest BCUT2D eigenvalue weighted by atomic mass is 16.6. The van der Waals surface area contributed by atoms with Gasteiger partial charge in [-0.15, -0.1) is 0 Å². The number of hydrogen-bond donors (Lipinski definition) is 4. The molecule has 1 amide bonds. The number of carbonyl (C=O) groups is 5. The van der Waals surface area contributed by atoms with Crippen LogP contribution in [0.3, 0.4) is 0 Å². The Bertz CT molecular complexity index is 1600. The summed E-state index contributed by atoms with van der Waals surface area (Å²) in [6.45, 7) is 12.1. The van der Waals surface area contributed by atoms with Crippen LogP contribution in [0.2, 0.25) is 0 Å². The number of rotatable bonds is 15. The van der Waals surface area contributed by atoms with Gasteiger partial charge in [-0.25, -0.2) is 14.4 Å². The van der Waals surface area contributed by atoms with Crippen LogP contribution in [-0.4, -0.2) is 116 Å². The number of benzene rings is 3. The first kappa shape index (κ1) is 42.3. The summed E-state index contributed by atoms with van der Waals surface area (Å²) >= 11 is 0. The summed E-state index contributed by atoms with van der Waals surface area (Å²) in [4.78, 5) is 65.0. The van der Waals surface area contributed by atoms with Gasteiger partial charge in [0.05, 0.1) is 13.2 Å². The quantitative estimate of drug-likeness (QED) is 0.126. The van der Waals surface area contributed by atoms with Crippen molar-refractivity contribution >= 4 is 29.6 Å². The lowest BCUT2D eigenvalue weighted by Crippen LogP contribution is -2.71. The monoisotopic (exact) mass is 734 g/mol. The molecule has 0 aromatic heterocycles. The van der Waals surface area contributed by atoms with E-state index in [0.717, 1.165) is 75.5 Å². The molecule has 0 saturated carbocycles. The zero-order valence-corrected chi connectivity index (χ0v) is 30.8. The molecule has 1 aliphatic rings. The number of likely N-dealkylation sites (N-methyl/N-ethyl adjacent to an activating group) is 1. The Labute approximate surface area is 309 Å². The minimum atomic E-state index is -3.95. The van der Waals surface area contributed by atoms with Crippen LogP contribution in [0.25, 0.3) is 0 Å². The van der Waals surface area contributed by atoms with E-state index in [1.165, 1.54) is 42.0 Å². The Kier molecular flexibility index (Phi) is 15.3. The van der Waals surface area contributed by atoms with Crippen molar-refractivity contribution in [3.05, 3.63) is 102 Å². The summed E-state index contributed by atoms with van der Waals surface area (Å²) in [5.74, 6) is -6.48. The van der Waals surface area contributed by atoms with Gasteiger partial charge in [0, 0.05) is 36.8 Å². The zero-order chi connectivity index (χ0) is 39.3. The molecule has 0 radical (unpaired) electrons. The third kappa shape index (κ3) is 10.3. The molecule has 13 nitrogen and oxygen atoms in total. The Morgan fingerprint density at radius 3 is 1.60 bits per heavy atom. The molecule has 4 N–H and O–H groups in total. The summed E-state index contributed by atoms with van der Waals surface area (Å²) in [6.07, 6.45) is 2.93. The maximum absolute atomic E-state index is 12.6. The maximum Gasteiger partial charge on any atom is 0.410 e. The second kappa shape index (κ2) is 19.1. The van der Waals surface area contributed by atoms with E-state index in [9.17, 15) is 44.4 Å². The summed E-state index contributed by atoms with van der Waals surface area (Å²) in [6, 6.07) is 21.7. The molecule has 1 aliphatic heterocycles. The minimum Gasteiger partial charge on any atom is -0.497 e. The number of ketones is 2. The molecule has 1 saturated heterocycles. The number of hydrogen-bond acceptors (Lipinski definition) is 10. The molecule has 4 rings (SSSR count). The number of amides is 1. The topological polar surface area (TPSA) is 191 Å². The average Bonchev–Trinajstić information content (AvgIpc) is 3.16. The van der Waals surface area contributed by atoms with Crippen LogP contribution < -0.4 is 4.74 Å². The van der Waals surface area contributed by atoms with Crippen LogP contribution in [-0.2, 0) is 20.7 Å². The molecule has 3 aromatic rings. The number of Topliss-reactive ketones (excluding diaryl/α,β-unsaturated/α-hetero) is 2. The van der Waals surface area contributed by atoms with Crippen LogP contribution in [0.15, 0.2) is 84.9 Å². The van der Waals surface area contributed by atoms with Crippen molar-refractivity contribution in [3.63, 3.8) is 0 Å². The Morgan fingerprint density at radius 2 is 1.23 bits per heavy atom. The molecule has 0 bridgehead atoms. The van der Waals surface area contributed by atoms with Crippen molar-refractivity contribution in [2.75, 3.05) is 33.3 Å². The normalized spacial score (nSPS) is 16.0. The number of carboxylic acid groups (broad SMARTS) is 2. The van der Waals surface area contributed by atoms with E-state index in [2.05, 4.69) is 30.9 Å². The average molecular weight is 735 g/mol. The maximum atomic E-state index is 12.6. The molecule has 0 aliphatic carbocycles. The largest absolute Gasteiger partial charge is 0.497 e. The van der Waals surface area contributed by atoms with Gasteiger partial charge in [0.25, 0.3) is 11.2 Å². The lowest BCUT2D eigenvalue weighted by molar-refractivity contribution is -0.187. The van der Waals surface area contributed by atoms with Gasteiger partial charge in [0.15, 0.2) is 0 Å². The van der Waals surface area contributed by atoms with Gasteiger partial charge < -0.3 is 39.7 Å². The highest BCUT2D eigenvalue weighted by Crippen LogP contribution is 2.32. The number of piperidine rings is 1. The van der Waals surface area contributed by atoms with E-state index < -0.39 is 45.8 Å². The third-order valence-electron chi connectivity index (χ3n) is 9.29. The smallest absolute Gasteiger partial charge is 0.410 e. The second-order valence-corrected chi connectivity index (χ2v) is 13.3. The molecule has 1 heterocycles. The fourth-order valence-corrected chi connectivity index (χ4v) is 6.19. The van der Waals surface area contributed by atoms with Crippen molar-refractivity contribution in [1.29, 1.82) is 0 Å². The van der Waals surface area contributed by atoms with Crippen molar-refractivity contribution in [3.8, 4) is 5.75 Å². The van der Waals surface area contributed by atoms with Crippen LogP contribution >= 0.6 is 0 Å². The van der Waals surface area contributed by atoms with Gasteiger partial charge in [0.1, 0.15) is 5.75 Å². The molecular formula is C40H50N2O11. The molecule has 3 atom stereocenters. The third-order valence-corrected chi connectivity index (χ3v) is 9.29. The molecule has 3 unspecified atom stereocenters. The zero-order valence-electron chi connectivity index (χ0n) is 30.8. The Hall–Kier alpha value is -5.11. The molecule has 0 spiro atoms. The molecule has 53 heavy (non-hydrogen) atoms. The number of aliphatic carboxylic acids is 2. The Balaban J connectivity index is 0.000000286. The first-order chi connectivity index (χ1) is 25.1. The van der Waals surface area contributed by atoms with Gasteiger partial charge in [-0.3, -0.25) is 9.59 Å².